The van der Waals surface area contributed by atoms with Crippen LogP contribution in [0.15, 0.2) is 23.3 Å². The van der Waals surface area contributed by atoms with E-state index in [0.717, 1.165) is 0 Å². The van der Waals surface area contributed by atoms with E-state index in [4.69, 9.17) is 12.2 Å². The topological polar surface area (TPSA) is 76.9 Å². The number of para-hydroxylation sites is 1. The van der Waals surface area contributed by atoms with Crippen molar-refractivity contribution < 1.29 is 10.2 Å². The molecule has 0 saturated carbocycles. The number of nitrogens with one attached hydrogen (secondary N) is 2. The van der Waals surface area contributed by atoms with Crippen molar-refractivity contribution in [2.75, 3.05) is 7.05 Å². The molecule has 0 saturated heterocycles. The van der Waals surface area contributed by atoms with E-state index in [-0.39, 0.29) is 11.5 Å². The van der Waals surface area contributed by atoms with E-state index < -0.39 is 0 Å². The maximum Gasteiger partial charge on any atom is 0.186 e. The van der Waals surface area contributed by atoms with Gasteiger partial charge in [0.15, 0.2) is 16.6 Å². The van der Waals surface area contributed by atoms with E-state index in [2.05, 4.69) is 15.8 Å². The molecule has 0 atom stereocenters. The van der Waals surface area contributed by atoms with Gasteiger partial charge in [-0.3, -0.25) is 5.43 Å². The van der Waals surface area contributed by atoms with Crippen LogP contribution in [0.4, 0.5) is 0 Å². The summed E-state index contributed by atoms with van der Waals surface area (Å²) in [6.45, 7) is 0. The van der Waals surface area contributed by atoms with Gasteiger partial charge >= 0.3 is 0 Å². The number of phenolic OH excluding ortho intramolecular Hbond substituents is 2. The molecular weight excluding hydrogens is 214 g/mol. The molecule has 0 spiro atoms. The van der Waals surface area contributed by atoms with Gasteiger partial charge in [0, 0.05) is 12.6 Å². The average Bonchev–Trinajstić information content (AvgIpc) is 2.24. The van der Waals surface area contributed by atoms with Gasteiger partial charge in [-0.25, -0.2) is 0 Å². The van der Waals surface area contributed by atoms with Crippen molar-refractivity contribution in [3.05, 3.63) is 23.8 Å². The van der Waals surface area contributed by atoms with Crippen LogP contribution in [0.5, 0.6) is 11.5 Å². The Labute approximate surface area is 92.4 Å². The van der Waals surface area contributed by atoms with E-state index in [1.807, 2.05) is 0 Å². The zero-order valence-corrected chi connectivity index (χ0v) is 8.88. The predicted molar refractivity (Wildman–Crippen MR) is 62.2 cm³/mol. The lowest BCUT2D eigenvalue weighted by molar-refractivity contribution is 0.403. The van der Waals surface area contributed by atoms with Gasteiger partial charge in [0.25, 0.3) is 0 Å². The third-order valence-electron chi connectivity index (χ3n) is 1.64. The van der Waals surface area contributed by atoms with Crippen LogP contribution in [0.2, 0.25) is 0 Å². The average molecular weight is 225 g/mol. The standard InChI is InChI=1S/C9H11N3O2S/c1-10-9(15)12-11-5-6-3-2-4-7(13)8(6)14/h2-5,13-14H,1H3,(H2,10,12,15). The number of nitrogens with zero attached hydrogens (tertiary/aromatic N) is 1. The summed E-state index contributed by atoms with van der Waals surface area (Å²) in [6.07, 6.45) is 1.36. The van der Waals surface area contributed by atoms with Gasteiger partial charge < -0.3 is 15.5 Å². The van der Waals surface area contributed by atoms with Crippen LogP contribution in [0, 0.1) is 0 Å². The Hall–Kier alpha value is -1.82. The number of thiocarbonyl (C=S) groups is 1. The molecule has 1 rings (SSSR count). The molecule has 15 heavy (non-hydrogen) atoms. The Morgan fingerprint density at radius 3 is 2.87 bits per heavy atom. The van der Waals surface area contributed by atoms with Gasteiger partial charge in [-0.2, -0.15) is 5.10 Å². The molecular formula is C9H11N3O2S. The summed E-state index contributed by atoms with van der Waals surface area (Å²) in [5.41, 5.74) is 2.93. The Kier molecular flexibility index (Phi) is 3.87. The summed E-state index contributed by atoms with van der Waals surface area (Å²) in [5, 5.41) is 25.4. The molecule has 0 aliphatic heterocycles. The first-order valence-corrected chi connectivity index (χ1v) is 4.57. The van der Waals surface area contributed by atoms with Crippen LogP contribution in [-0.4, -0.2) is 28.6 Å². The van der Waals surface area contributed by atoms with Crippen LogP contribution >= 0.6 is 12.2 Å². The molecule has 0 heterocycles. The Balaban J connectivity index is 2.72. The number of benzene rings is 1. The van der Waals surface area contributed by atoms with Crippen LogP contribution in [0.1, 0.15) is 5.56 Å². The van der Waals surface area contributed by atoms with Crippen molar-refractivity contribution in [3.8, 4) is 11.5 Å². The molecule has 0 aromatic heterocycles. The minimum atomic E-state index is -0.210. The van der Waals surface area contributed by atoms with Crippen LogP contribution < -0.4 is 10.7 Å². The molecule has 1 aromatic carbocycles. The van der Waals surface area contributed by atoms with E-state index in [0.29, 0.717) is 10.7 Å². The molecule has 0 radical (unpaired) electrons. The van der Waals surface area contributed by atoms with Crippen molar-refractivity contribution in [1.82, 2.24) is 10.7 Å². The van der Waals surface area contributed by atoms with Gasteiger partial charge in [0.1, 0.15) is 0 Å². The third kappa shape index (κ3) is 3.10. The molecule has 0 unspecified atom stereocenters. The fraction of sp³-hybridized carbons (Fsp3) is 0.111. The Bertz CT molecular complexity index is 393. The third-order valence-corrected chi connectivity index (χ3v) is 1.94. The maximum absolute atomic E-state index is 9.40. The number of aromatic hydroxyl groups is 2. The van der Waals surface area contributed by atoms with Crippen LogP contribution in [0.3, 0.4) is 0 Å². The molecule has 1 aromatic rings. The van der Waals surface area contributed by atoms with Crippen molar-refractivity contribution in [2.24, 2.45) is 5.10 Å². The van der Waals surface area contributed by atoms with E-state index in [1.165, 1.54) is 12.3 Å². The monoisotopic (exact) mass is 225 g/mol. The second-order valence-corrected chi connectivity index (χ2v) is 3.07. The van der Waals surface area contributed by atoms with Crippen LogP contribution in [0.25, 0.3) is 0 Å². The molecule has 0 aliphatic rings. The van der Waals surface area contributed by atoms with Crippen molar-refractivity contribution >= 4 is 23.5 Å². The Morgan fingerprint density at radius 2 is 2.20 bits per heavy atom. The Morgan fingerprint density at radius 1 is 1.47 bits per heavy atom. The van der Waals surface area contributed by atoms with Gasteiger partial charge in [0.05, 0.1) is 6.21 Å². The predicted octanol–water partition coefficient (Wildman–Crippen LogP) is 0.526. The second kappa shape index (κ2) is 5.16. The molecule has 6 heteroatoms. The summed E-state index contributed by atoms with van der Waals surface area (Å²) >= 11 is 4.78. The molecule has 0 fully saturated rings. The highest BCUT2D eigenvalue weighted by molar-refractivity contribution is 7.80. The minimum absolute atomic E-state index is 0.185. The molecule has 5 nitrogen and oxygen atoms in total. The molecule has 80 valence electrons. The van der Waals surface area contributed by atoms with E-state index >= 15 is 0 Å². The van der Waals surface area contributed by atoms with Crippen molar-refractivity contribution in [1.29, 1.82) is 0 Å². The van der Waals surface area contributed by atoms with E-state index in [1.54, 1.807) is 19.2 Å². The normalized spacial score (nSPS) is 10.2. The van der Waals surface area contributed by atoms with Gasteiger partial charge in [-0.1, -0.05) is 6.07 Å². The lowest BCUT2D eigenvalue weighted by Crippen LogP contribution is -2.28. The van der Waals surface area contributed by atoms with Crippen molar-refractivity contribution in [3.63, 3.8) is 0 Å². The number of rotatable bonds is 2. The molecule has 0 amide bonds. The maximum atomic E-state index is 9.40. The van der Waals surface area contributed by atoms with Gasteiger partial charge in [-0.15, -0.1) is 0 Å². The summed E-state index contributed by atoms with van der Waals surface area (Å²) in [5.74, 6) is -0.395. The fourth-order valence-corrected chi connectivity index (χ4v) is 0.922. The number of hydrogen-bond acceptors (Lipinski definition) is 4. The highest BCUT2D eigenvalue weighted by Gasteiger charge is 2.02. The molecule has 0 bridgehead atoms. The number of hydrogen-bond donors (Lipinski definition) is 4. The lowest BCUT2D eigenvalue weighted by atomic mass is 10.2. The summed E-state index contributed by atoms with van der Waals surface area (Å²) in [4.78, 5) is 0. The highest BCUT2D eigenvalue weighted by atomic mass is 32.1. The van der Waals surface area contributed by atoms with E-state index in [9.17, 15) is 10.2 Å². The largest absolute Gasteiger partial charge is 0.504 e. The molecule has 0 aliphatic carbocycles. The highest BCUT2D eigenvalue weighted by Crippen LogP contribution is 2.26. The summed E-state index contributed by atoms with van der Waals surface area (Å²) < 4.78 is 0. The van der Waals surface area contributed by atoms with Crippen molar-refractivity contribution in [2.45, 2.75) is 0 Å². The van der Waals surface area contributed by atoms with Gasteiger partial charge in [-0.05, 0) is 24.4 Å². The number of phenols is 2. The first-order valence-electron chi connectivity index (χ1n) is 4.17. The molecule has 4 N–H and O–H groups in total. The number of hydrazone groups is 1. The van der Waals surface area contributed by atoms with Gasteiger partial charge in [0.2, 0.25) is 0 Å². The quantitative estimate of drug-likeness (QED) is 0.255. The lowest BCUT2D eigenvalue weighted by Gasteiger charge is -2.02. The fourth-order valence-electron chi connectivity index (χ4n) is 0.869. The zero-order valence-electron chi connectivity index (χ0n) is 8.06. The second-order valence-electron chi connectivity index (χ2n) is 2.66. The van der Waals surface area contributed by atoms with Crippen LogP contribution in [-0.2, 0) is 0 Å². The first kappa shape index (κ1) is 11.3. The zero-order chi connectivity index (χ0) is 11.3. The minimum Gasteiger partial charge on any atom is -0.504 e. The SMILES string of the molecule is CNC(=S)NN=Cc1cccc(O)c1O. The first-order chi connectivity index (χ1) is 7.15. The smallest absolute Gasteiger partial charge is 0.186 e. The summed E-state index contributed by atoms with van der Waals surface area (Å²) in [6, 6.07) is 4.60. The summed E-state index contributed by atoms with van der Waals surface area (Å²) in [7, 11) is 1.66.